The van der Waals surface area contributed by atoms with Gasteiger partial charge in [-0.2, -0.15) is 0 Å². The second-order valence-corrected chi connectivity index (χ2v) is 6.97. The fourth-order valence-corrected chi connectivity index (χ4v) is 3.00. The molecule has 1 aromatic carbocycles. The SMILES string of the molecule is COC(=O)[C@@]1(OCCOc2ccc(C)cc2)C[C@@H](O)[C@@H](O)C([C@H](O)COC(C)=O)O1. The molecule has 1 unspecified atom stereocenters. The third kappa shape index (κ3) is 6.13. The van der Waals surface area contributed by atoms with Crippen molar-refractivity contribution in [2.45, 2.75) is 50.5 Å². The zero-order valence-electron chi connectivity index (χ0n) is 17.1. The van der Waals surface area contributed by atoms with Gasteiger partial charge in [0.1, 0.15) is 37.3 Å². The molecule has 0 bridgehead atoms. The Morgan fingerprint density at radius 3 is 2.50 bits per heavy atom. The Labute approximate surface area is 174 Å². The summed E-state index contributed by atoms with van der Waals surface area (Å²) in [5.41, 5.74) is 1.07. The van der Waals surface area contributed by atoms with Gasteiger partial charge in [0.25, 0.3) is 5.79 Å². The van der Waals surface area contributed by atoms with E-state index in [0.29, 0.717) is 5.75 Å². The van der Waals surface area contributed by atoms with Gasteiger partial charge in [-0.05, 0) is 19.1 Å². The summed E-state index contributed by atoms with van der Waals surface area (Å²) >= 11 is 0. The molecule has 0 radical (unpaired) electrons. The summed E-state index contributed by atoms with van der Waals surface area (Å²) in [5.74, 6) is -3.07. The first-order valence-corrected chi connectivity index (χ1v) is 9.45. The molecule has 1 fully saturated rings. The molecule has 1 aliphatic heterocycles. The lowest BCUT2D eigenvalue weighted by atomic mass is 9.92. The average Bonchev–Trinajstić information content (AvgIpc) is 2.72. The van der Waals surface area contributed by atoms with Crippen molar-refractivity contribution in [2.24, 2.45) is 0 Å². The second kappa shape index (κ2) is 10.7. The summed E-state index contributed by atoms with van der Waals surface area (Å²) in [4.78, 5) is 23.4. The molecule has 1 heterocycles. The predicted octanol–water partition coefficient (Wildman–Crippen LogP) is -0.306. The van der Waals surface area contributed by atoms with Crippen LogP contribution in [-0.2, 0) is 28.5 Å². The van der Waals surface area contributed by atoms with Gasteiger partial charge in [0, 0.05) is 13.3 Å². The molecule has 168 valence electrons. The van der Waals surface area contributed by atoms with E-state index in [0.717, 1.165) is 19.6 Å². The van der Waals surface area contributed by atoms with E-state index >= 15 is 0 Å². The minimum atomic E-state index is -2.08. The molecule has 5 atom stereocenters. The highest BCUT2D eigenvalue weighted by Crippen LogP contribution is 2.33. The van der Waals surface area contributed by atoms with Gasteiger partial charge in [-0.25, -0.2) is 4.79 Å². The van der Waals surface area contributed by atoms with E-state index < -0.39 is 55.2 Å². The maximum Gasteiger partial charge on any atom is 0.366 e. The van der Waals surface area contributed by atoms with E-state index in [-0.39, 0.29) is 13.2 Å². The van der Waals surface area contributed by atoms with Crippen molar-refractivity contribution >= 4 is 11.9 Å². The monoisotopic (exact) mass is 428 g/mol. The minimum Gasteiger partial charge on any atom is -0.491 e. The number of esters is 2. The van der Waals surface area contributed by atoms with Gasteiger partial charge in [0.05, 0.1) is 19.8 Å². The lowest BCUT2D eigenvalue weighted by molar-refractivity contribution is -0.325. The maximum absolute atomic E-state index is 12.4. The highest BCUT2D eigenvalue weighted by molar-refractivity contribution is 5.78. The van der Waals surface area contributed by atoms with Gasteiger partial charge >= 0.3 is 11.9 Å². The molecule has 10 heteroatoms. The number of ether oxygens (including phenoxy) is 5. The number of methoxy groups -OCH3 is 1. The maximum atomic E-state index is 12.4. The molecule has 30 heavy (non-hydrogen) atoms. The standard InChI is InChI=1S/C20H28O10/c1-12-4-6-14(7-5-12)27-8-9-29-20(19(25)26-3)10-15(22)17(24)18(30-20)16(23)11-28-13(2)21/h4-7,15-18,22-24H,8-11H2,1-3H3/t15-,16-,17-,18?,20-/m1/s1. The number of hydrogen-bond donors (Lipinski definition) is 3. The fourth-order valence-electron chi connectivity index (χ4n) is 3.00. The number of carbonyl (C=O) groups is 2. The summed E-state index contributed by atoms with van der Waals surface area (Å²) < 4.78 is 26.2. The van der Waals surface area contributed by atoms with E-state index in [9.17, 15) is 24.9 Å². The van der Waals surface area contributed by atoms with Gasteiger partial charge in [0.2, 0.25) is 0 Å². The number of aliphatic hydroxyl groups is 3. The molecule has 10 nitrogen and oxygen atoms in total. The van der Waals surface area contributed by atoms with Crippen molar-refractivity contribution in [2.75, 3.05) is 26.9 Å². The topological polar surface area (TPSA) is 141 Å². The summed E-state index contributed by atoms with van der Waals surface area (Å²) in [6.07, 6.45) is -6.42. The molecule has 0 aliphatic carbocycles. The van der Waals surface area contributed by atoms with Crippen LogP contribution in [0.25, 0.3) is 0 Å². The summed E-state index contributed by atoms with van der Waals surface area (Å²) in [5, 5.41) is 30.7. The summed E-state index contributed by atoms with van der Waals surface area (Å²) in [6.45, 7) is 2.54. The Hall–Kier alpha value is -2.24. The molecule has 0 saturated carbocycles. The first-order chi connectivity index (χ1) is 14.2. The lowest BCUT2D eigenvalue weighted by Crippen LogP contribution is -2.63. The van der Waals surface area contributed by atoms with Crippen LogP contribution in [0, 0.1) is 6.92 Å². The number of aliphatic hydroxyl groups excluding tert-OH is 3. The van der Waals surface area contributed by atoms with Crippen LogP contribution in [0.5, 0.6) is 5.75 Å². The van der Waals surface area contributed by atoms with Crippen LogP contribution in [-0.4, -0.2) is 84.4 Å². The molecule has 2 rings (SSSR count). The van der Waals surface area contributed by atoms with Crippen molar-refractivity contribution in [3.05, 3.63) is 29.8 Å². The van der Waals surface area contributed by atoms with Crippen LogP contribution in [0.4, 0.5) is 0 Å². The zero-order valence-corrected chi connectivity index (χ0v) is 17.1. The number of benzene rings is 1. The second-order valence-electron chi connectivity index (χ2n) is 6.97. The molecule has 0 spiro atoms. The van der Waals surface area contributed by atoms with Crippen LogP contribution in [0.2, 0.25) is 0 Å². The summed E-state index contributed by atoms with van der Waals surface area (Å²) in [6, 6.07) is 7.32. The van der Waals surface area contributed by atoms with Crippen LogP contribution in [0.1, 0.15) is 18.9 Å². The van der Waals surface area contributed by atoms with Crippen molar-refractivity contribution in [3.8, 4) is 5.75 Å². The van der Waals surface area contributed by atoms with Crippen LogP contribution >= 0.6 is 0 Å². The van der Waals surface area contributed by atoms with Crippen LogP contribution in [0.15, 0.2) is 24.3 Å². The molecule has 0 amide bonds. The number of rotatable bonds is 9. The fraction of sp³-hybridized carbons (Fsp3) is 0.600. The number of hydrogen-bond acceptors (Lipinski definition) is 10. The van der Waals surface area contributed by atoms with Crippen molar-refractivity contribution in [1.82, 2.24) is 0 Å². The zero-order chi connectivity index (χ0) is 22.3. The molecule has 0 aromatic heterocycles. The van der Waals surface area contributed by atoms with E-state index in [1.165, 1.54) is 0 Å². The van der Waals surface area contributed by atoms with Crippen molar-refractivity contribution in [3.63, 3.8) is 0 Å². The Morgan fingerprint density at radius 1 is 1.23 bits per heavy atom. The van der Waals surface area contributed by atoms with Gasteiger partial charge in [-0.15, -0.1) is 0 Å². The Bertz CT molecular complexity index is 706. The van der Waals surface area contributed by atoms with Gasteiger partial charge in [0.15, 0.2) is 0 Å². The van der Waals surface area contributed by atoms with E-state index in [2.05, 4.69) is 0 Å². The number of aryl methyl sites for hydroxylation is 1. The Kier molecular flexibility index (Phi) is 8.56. The first-order valence-electron chi connectivity index (χ1n) is 9.45. The smallest absolute Gasteiger partial charge is 0.366 e. The highest BCUT2D eigenvalue weighted by atomic mass is 16.7. The van der Waals surface area contributed by atoms with Crippen LogP contribution in [0.3, 0.4) is 0 Å². The number of carbonyl (C=O) groups excluding carboxylic acids is 2. The quantitative estimate of drug-likeness (QED) is 0.354. The van der Waals surface area contributed by atoms with Crippen molar-refractivity contribution in [1.29, 1.82) is 0 Å². The summed E-state index contributed by atoms with van der Waals surface area (Å²) in [7, 11) is 1.11. The van der Waals surface area contributed by atoms with Gasteiger partial charge in [-0.1, -0.05) is 17.7 Å². The van der Waals surface area contributed by atoms with E-state index in [4.69, 9.17) is 23.7 Å². The third-order valence-corrected chi connectivity index (χ3v) is 4.58. The third-order valence-electron chi connectivity index (χ3n) is 4.58. The average molecular weight is 428 g/mol. The van der Waals surface area contributed by atoms with Gasteiger partial charge in [-0.3, -0.25) is 4.79 Å². The highest BCUT2D eigenvalue weighted by Gasteiger charge is 2.55. The first kappa shape index (κ1) is 24.0. The minimum absolute atomic E-state index is 0.0600. The Balaban J connectivity index is 2.06. The van der Waals surface area contributed by atoms with Crippen molar-refractivity contribution < 1.29 is 48.6 Å². The lowest BCUT2D eigenvalue weighted by Gasteiger charge is -2.44. The Morgan fingerprint density at radius 2 is 1.90 bits per heavy atom. The molecule has 1 aromatic rings. The normalized spacial score (nSPS) is 27.2. The molecule has 1 aliphatic rings. The molecule has 1 saturated heterocycles. The molecule has 3 N–H and O–H groups in total. The van der Waals surface area contributed by atoms with E-state index in [1.54, 1.807) is 12.1 Å². The largest absolute Gasteiger partial charge is 0.491 e. The predicted molar refractivity (Wildman–Crippen MR) is 102 cm³/mol. The molecular weight excluding hydrogens is 400 g/mol. The van der Waals surface area contributed by atoms with Gasteiger partial charge < -0.3 is 39.0 Å². The van der Waals surface area contributed by atoms with Crippen LogP contribution < -0.4 is 4.74 Å². The molecular formula is C20H28O10. The van der Waals surface area contributed by atoms with E-state index in [1.807, 2.05) is 19.1 Å².